The summed E-state index contributed by atoms with van der Waals surface area (Å²) in [6, 6.07) is 13.9. The molecule has 0 spiro atoms. The van der Waals surface area contributed by atoms with Gasteiger partial charge in [-0.2, -0.15) is 0 Å². The van der Waals surface area contributed by atoms with Gasteiger partial charge in [-0.15, -0.1) is 0 Å². The molecule has 4 rings (SSSR count). The molecule has 2 aromatic carbocycles. The zero-order valence-corrected chi connectivity index (χ0v) is 25.9. The number of piperazine rings is 1. The first kappa shape index (κ1) is 29.4. The molecule has 2 heterocycles. The predicted octanol–water partition coefficient (Wildman–Crippen LogP) is 6.94. The monoisotopic (exact) mass is 552 g/mol. The highest BCUT2D eigenvalue weighted by Crippen LogP contribution is 2.42. The van der Waals surface area contributed by atoms with Crippen LogP contribution in [0.5, 0.6) is 5.75 Å². The van der Waals surface area contributed by atoms with E-state index >= 15 is 0 Å². The normalized spacial score (nSPS) is 22.7. The molecule has 0 N–H and O–H groups in total. The van der Waals surface area contributed by atoms with Gasteiger partial charge < -0.3 is 9.64 Å². The highest BCUT2D eigenvalue weighted by atomic mass is 35.5. The third-order valence-electron chi connectivity index (χ3n) is 8.29. The molecule has 0 saturated carbocycles. The molecule has 0 unspecified atom stereocenters. The number of carbonyl (C=O) groups is 1. The van der Waals surface area contributed by atoms with Crippen molar-refractivity contribution in [1.29, 1.82) is 0 Å². The average molecular weight is 553 g/mol. The second-order valence-corrected chi connectivity index (χ2v) is 13.4. The molecule has 2 atom stereocenters. The van der Waals surface area contributed by atoms with Gasteiger partial charge in [0.05, 0.1) is 18.2 Å². The van der Waals surface area contributed by atoms with Crippen LogP contribution < -0.4 is 4.74 Å². The number of urea groups is 1. The van der Waals surface area contributed by atoms with Gasteiger partial charge in [-0.3, -0.25) is 14.8 Å². The Balaban J connectivity index is 1.79. The van der Waals surface area contributed by atoms with Gasteiger partial charge in [0, 0.05) is 36.7 Å². The standard InChI is InChI=1S/C32H45ClN4O2/c1-10-39-27-21-24(30(3,4)5)13-16-26(27)28-34-32(9,23-11-14-25(33)15-12-23)22(2)37(28)29(38)35-17-19-36(20-18-35)31(6,7)8/h11-16,21-22H,10,17-20H2,1-9H3/t22-,32+/m0/s1. The number of amidine groups is 1. The van der Waals surface area contributed by atoms with Crippen molar-refractivity contribution in [3.8, 4) is 5.75 Å². The number of halogens is 1. The van der Waals surface area contributed by atoms with Crippen molar-refractivity contribution in [2.75, 3.05) is 32.8 Å². The van der Waals surface area contributed by atoms with Crippen LogP contribution in [0.3, 0.4) is 0 Å². The Labute approximate surface area is 240 Å². The first-order valence-corrected chi connectivity index (χ1v) is 14.5. The molecule has 1 saturated heterocycles. The fraction of sp³-hybridized carbons (Fsp3) is 0.562. The summed E-state index contributed by atoms with van der Waals surface area (Å²) in [5.41, 5.74) is 2.45. The molecule has 2 aliphatic heterocycles. The van der Waals surface area contributed by atoms with E-state index in [9.17, 15) is 4.79 Å². The number of aliphatic imine (C=N–C) groups is 1. The summed E-state index contributed by atoms with van der Waals surface area (Å²) in [5.74, 6) is 1.42. The van der Waals surface area contributed by atoms with Crippen molar-refractivity contribution < 1.29 is 9.53 Å². The van der Waals surface area contributed by atoms with Crippen molar-refractivity contribution >= 4 is 23.5 Å². The summed E-state index contributed by atoms with van der Waals surface area (Å²) in [6.45, 7) is 23.1. The van der Waals surface area contributed by atoms with Crippen LogP contribution in [0, 0.1) is 0 Å². The van der Waals surface area contributed by atoms with Gasteiger partial charge in [0.2, 0.25) is 0 Å². The first-order chi connectivity index (χ1) is 18.2. The van der Waals surface area contributed by atoms with Crippen LogP contribution in [0.2, 0.25) is 5.02 Å². The number of rotatable bonds is 4. The molecule has 2 aliphatic rings. The minimum atomic E-state index is -0.644. The van der Waals surface area contributed by atoms with Gasteiger partial charge in [-0.25, -0.2) is 4.79 Å². The lowest BCUT2D eigenvalue weighted by Crippen LogP contribution is -2.59. The Morgan fingerprint density at radius 3 is 2.18 bits per heavy atom. The van der Waals surface area contributed by atoms with Crippen molar-refractivity contribution in [3.63, 3.8) is 0 Å². The SMILES string of the molecule is CCOc1cc(C(C)(C)C)ccc1C1=N[C@@](C)(c2ccc(Cl)cc2)[C@H](C)N1C(=O)N1CCN(C(C)(C)C)CC1. The largest absolute Gasteiger partial charge is 0.493 e. The Bertz CT molecular complexity index is 1220. The van der Waals surface area contributed by atoms with E-state index in [0.717, 1.165) is 30.0 Å². The van der Waals surface area contributed by atoms with Crippen LogP contribution in [0.1, 0.15) is 79.0 Å². The van der Waals surface area contributed by atoms with Crippen LogP contribution >= 0.6 is 11.6 Å². The van der Waals surface area contributed by atoms with Gasteiger partial charge in [-0.05, 0) is 82.3 Å². The van der Waals surface area contributed by atoms with Crippen LogP contribution in [0.15, 0.2) is 47.5 Å². The predicted molar refractivity (Wildman–Crippen MR) is 161 cm³/mol. The molecular formula is C32H45ClN4O2. The maximum absolute atomic E-state index is 14.3. The van der Waals surface area contributed by atoms with Crippen LogP contribution in [-0.2, 0) is 11.0 Å². The number of benzene rings is 2. The summed E-state index contributed by atoms with van der Waals surface area (Å²) in [5, 5.41) is 0.679. The quantitative estimate of drug-likeness (QED) is 0.413. The zero-order valence-electron chi connectivity index (χ0n) is 25.1. The summed E-state index contributed by atoms with van der Waals surface area (Å²) in [4.78, 5) is 25.9. The highest BCUT2D eigenvalue weighted by Gasteiger charge is 2.49. The Hall–Kier alpha value is -2.57. The minimum absolute atomic E-state index is 0.00477. The van der Waals surface area contributed by atoms with E-state index in [1.54, 1.807) is 0 Å². The number of ether oxygens (including phenoxy) is 1. The van der Waals surface area contributed by atoms with Gasteiger partial charge in [0.15, 0.2) is 0 Å². The van der Waals surface area contributed by atoms with Crippen molar-refractivity contribution in [3.05, 3.63) is 64.2 Å². The van der Waals surface area contributed by atoms with Gasteiger partial charge >= 0.3 is 6.03 Å². The number of hydrogen-bond acceptors (Lipinski definition) is 4. The fourth-order valence-corrected chi connectivity index (χ4v) is 5.64. The lowest BCUT2D eigenvalue weighted by Gasteiger charge is -2.44. The second kappa shape index (κ2) is 10.8. The molecule has 7 heteroatoms. The van der Waals surface area contributed by atoms with E-state index in [0.29, 0.717) is 30.6 Å². The molecule has 2 amide bonds. The average Bonchev–Trinajstić information content (AvgIpc) is 3.14. The van der Waals surface area contributed by atoms with E-state index in [2.05, 4.69) is 78.5 Å². The maximum Gasteiger partial charge on any atom is 0.326 e. The first-order valence-electron chi connectivity index (χ1n) is 14.1. The number of amides is 2. The molecule has 2 aromatic rings. The highest BCUT2D eigenvalue weighted by molar-refractivity contribution is 6.30. The van der Waals surface area contributed by atoms with Crippen molar-refractivity contribution in [2.45, 2.75) is 84.8 Å². The molecule has 0 bridgehead atoms. The smallest absolute Gasteiger partial charge is 0.326 e. The molecule has 212 valence electrons. The number of carbonyl (C=O) groups excluding carboxylic acids is 1. The maximum atomic E-state index is 14.3. The molecule has 6 nitrogen and oxygen atoms in total. The van der Waals surface area contributed by atoms with Crippen LogP contribution in [0.4, 0.5) is 4.79 Å². The summed E-state index contributed by atoms with van der Waals surface area (Å²) < 4.78 is 6.18. The Morgan fingerprint density at radius 1 is 1.03 bits per heavy atom. The van der Waals surface area contributed by atoms with Gasteiger partial charge in [-0.1, -0.05) is 50.6 Å². The Morgan fingerprint density at radius 2 is 1.64 bits per heavy atom. The Kier molecular flexibility index (Phi) is 8.13. The van der Waals surface area contributed by atoms with Crippen molar-refractivity contribution in [2.24, 2.45) is 4.99 Å². The second-order valence-electron chi connectivity index (χ2n) is 13.0. The molecule has 0 radical (unpaired) electrons. The van der Waals surface area contributed by atoms with E-state index in [1.165, 1.54) is 5.56 Å². The van der Waals surface area contributed by atoms with Crippen LogP contribution in [0.25, 0.3) is 0 Å². The lowest BCUT2D eigenvalue weighted by atomic mass is 9.86. The number of hydrogen-bond donors (Lipinski definition) is 0. The van der Waals surface area contributed by atoms with Crippen LogP contribution in [-0.4, -0.2) is 70.9 Å². The lowest BCUT2D eigenvalue weighted by molar-refractivity contribution is 0.0661. The van der Waals surface area contributed by atoms with E-state index < -0.39 is 5.54 Å². The zero-order chi connectivity index (χ0) is 28.8. The molecule has 39 heavy (non-hydrogen) atoms. The van der Waals surface area contributed by atoms with E-state index in [1.807, 2.05) is 41.0 Å². The van der Waals surface area contributed by atoms with E-state index in [-0.39, 0.29) is 23.0 Å². The third-order valence-corrected chi connectivity index (χ3v) is 8.54. The van der Waals surface area contributed by atoms with E-state index in [4.69, 9.17) is 21.3 Å². The van der Waals surface area contributed by atoms with Crippen molar-refractivity contribution in [1.82, 2.24) is 14.7 Å². The molecule has 0 aromatic heterocycles. The topological polar surface area (TPSA) is 48.4 Å². The van der Waals surface area contributed by atoms with Gasteiger partial charge in [0.1, 0.15) is 17.1 Å². The minimum Gasteiger partial charge on any atom is -0.493 e. The summed E-state index contributed by atoms with van der Waals surface area (Å²) in [7, 11) is 0. The summed E-state index contributed by atoms with van der Waals surface area (Å²) >= 11 is 6.23. The molecule has 0 aliphatic carbocycles. The fourth-order valence-electron chi connectivity index (χ4n) is 5.51. The molecule has 1 fully saturated rings. The number of nitrogens with zero attached hydrogens (tertiary/aromatic N) is 4. The summed E-state index contributed by atoms with van der Waals surface area (Å²) in [6.07, 6.45) is 0. The van der Waals surface area contributed by atoms with Gasteiger partial charge in [0.25, 0.3) is 0 Å². The molecular weight excluding hydrogens is 508 g/mol. The third kappa shape index (κ3) is 5.83.